The summed E-state index contributed by atoms with van der Waals surface area (Å²) in [5, 5.41) is 40.1. The lowest BCUT2D eigenvalue weighted by Gasteiger charge is -2.50. The van der Waals surface area contributed by atoms with Crippen LogP contribution in [0.2, 0.25) is 0 Å². The van der Waals surface area contributed by atoms with Crippen LogP contribution in [0.25, 0.3) is 10.9 Å². The molecule has 2 atom stereocenters. The van der Waals surface area contributed by atoms with E-state index in [1.54, 1.807) is 29.1 Å². The SMILES string of the molecule is CC(C)(O/N=C(\C(=O)C[C@@H]1C(=O)N2C(C(=O)[O-])=C(C[n+]3ccc4c(ccn4Cc4ccc(C(=N)N)cc4F)c3)CS[C@H]12)c1nsc(N)n1)C(=O)O.O=CO. The molecule has 0 radical (unpaired) electrons. The van der Waals surface area contributed by atoms with Crippen molar-refractivity contribution in [2.24, 2.45) is 16.8 Å². The Morgan fingerprint density at radius 1 is 1.28 bits per heavy atom. The molecule has 1 fully saturated rings. The molecule has 21 heteroatoms. The van der Waals surface area contributed by atoms with Crippen LogP contribution in [0.1, 0.15) is 37.2 Å². The molecular formula is C33H32FN9O9S2. The molecule has 2 aliphatic rings. The smallest absolute Gasteiger partial charge is 0.350 e. The molecule has 4 aromatic rings. The van der Waals surface area contributed by atoms with Crippen molar-refractivity contribution < 1.29 is 53.1 Å². The first-order valence-corrected chi connectivity index (χ1v) is 17.6. The van der Waals surface area contributed by atoms with E-state index in [4.69, 9.17) is 31.6 Å². The molecule has 7 N–H and O–H groups in total. The number of nitrogens with two attached hydrogens (primary N) is 2. The lowest BCUT2D eigenvalue weighted by molar-refractivity contribution is -0.687. The zero-order valence-electron chi connectivity index (χ0n) is 28.5. The Bertz CT molecular complexity index is 2250. The summed E-state index contributed by atoms with van der Waals surface area (Å²) >= 11 is 2.08. The lowest BCUT2D eigenvalue weighted by Crippen LogP contribution is -2.63. The number of aromatic nitrogens is 4. The number of carbonyl (C=O) groups is 5. The number of nitrogens with one attached hydrogen (secondary N) is 1. The van der Waals surface area contributed by atoms with Crippen LogP contribution in [0.15, 0.2) is 65.3 Å². The number of halogens is 1. The summed E-state index contributed by atoms with van der Waals surface area (Å²) < 4.78 is 22.3. The maximum atomic E-state index is 14.7. The van der Waals surface area contributed by atoms with Gasteiger partial charge in [-0.3, -0.25) is 24.7 Å². The number of amides is 1. The summed E-state index contributed by atoms with van der Waals surface area (Å²) in [5.41, 5.74) is 10.6. The van der Waals surface area contributed by atoms with Crippen LogP contribution < -0.4 is 21.1 Å². The number of hydrogen-bond acceptors (Lipinski definition) is 14. The number of carbonyl (C=O) groups excluding carboxylic acids is 3. The van der Waals surface area contributed by atoms with Gasteiger partial charge in [-0.2, -0.15) is 9.36 Å². The van der Waals surface area contributed by atoms with Gasteiger partial charge in [-0.1, -0.05) is 17.3 Å². The van der Waals surface area contributed by atoms with Crippen molar-refractivity contribution in [3.63, 3.8) is 0 Å². The summed E-state index contributed by atoms with van der Waals surface area (Å²) in [7, 11) is 0. The number of amidine groups is 1. The monoisotopic (exact) mass is 781 g/mol. The zero-order valence-corrected chi connectivity index (χ0v) is 30.1. The van der Waals surface area contributed by atoms with Crippen LogP contribution in [0.4, 0.5) is 9.52 Å². The number of ketones is 1. The van der Waals surface area contributed by atoms with Crippen LogP contribution in [0.5, 0.6) is 0 Å². The predicted molar refractivity (Wildman–Crippen MR) is 189 cm³/mol. The number of aliphatic carboxylic acids is 2. The highest BCUT2D eigenvalue weighted by Gasteiger charge is 2.53. The maximum Gasteiger partial charge on any atom is 0.350 e. The largest absolute Gasteiger partial charge is 0.543 e. The third-order valence-corrected chi connectivity index (χ3v) is 10.3. The second-order valence-electron chi connectivity index (χ2n) is 12.4. The van der Waals surface area contributed by atoms with Gasteiger partial charge in [-0.15, -0.1) is 11.8 Å². The van der Waals surface area contributed by atoms with E-state index in [2.05, 4.69) is 14.5 Å². The number of β-lactam (4-membered cyclic amide) rings is 1. The number of oxime groups is 1. The predicted octanol–water partition coefficient (Wildman–Crippen LogP) is 0.313. The van der Waals surface area contributed by atoms with Gasteiger partial charge in [0, 0.05) is 52.7 Å². The highest BCUT2D eigenvalue weighted by atomic mass is 32.2. The average Bonchev–Trinajstić information content (AvgIpc) is 3.73. The van der Waals surface area contributed by atoms with Crippen molar-refractivity contribution in [2.45, 2.75) is 44.3 Å². The number of carboxylic acid groups (broad SMARTS) is 3. The highest BCUT2D eigenvalue weighted by Crippen LogP contribution is 2.45. The van der Waals surface area contributed by atoms with E-state index in [9.17, 15) is 33.8 Å². The summed E-state index contributed by atoms with van der Waals surface area (Å²) in [6, 6.07) is 8.05. The number of carboxylic acids is 2. The molecule has 0 saturated carbocycles. The first-order chi connectivity index (χ1) is 25.6. The molecular weight excluding hydrogens is 750 g/mol. The summed E-state index contributed by atoms with van der Waals surface area (Å²) in [6.07, 6.45) is 4.96. The molecule has 0 unspecified atom stereocenters. The van der Waals surface area contributed by atoms with Gasteiger partial charge < -0.3 is 41.0 Å². The number of thioether (sulfide) groups is 1. The van der Waals surface area contributed by atoms with Crippen LogP contribution in [0.3, 0.4) is 0 Å². The van der Waals surface area contributed by atoms with E-state index in [0.29, 0.717) is 16.7 Å². The van der Waals surface area contributed by atoms with Gasteiger partial charge in [0.05, 0.1) is 40.4 Å². The molecule has 0 bridgehead atoms. The molecule has 3 aromatic heterocycles. The number of Topliss-reactive ketones (excluding diaryl/α,β-unsaturated/α-hetero) is 1. The topological polar surface area (TPSA) is 284 Å². The van der Waals surface area contributed by atoms with Gasteiger partial charge in [-0.05, 0) is 26.0 Å². The second kappa shape index (κ2) is 15.8. The minimum Gasteiger partial charge on any atom is -0.543 e. The molecule has 6 rings (SSSR count). The van der Waals surface area contributed by atoms with Gasteiger partial charge in [0.15, 0.2) is 35.6 Å². The second-order valence-corrected chi connectivity index (χ2v) is 14.3. The van der Waals surface area contributed by atoms with Crippen molar-refractivity contribution >= 4 is 81.0 Å². The summed E-state index contributed by atoms with van der Waals surface area (Å²) in [6.45, 7) is 2.57. The van der Waals surface area contributed by atoms with Gasteiger partial charge >= 0.3 is 5.97 Å². The Morgan fingerprint density at radius 3 is 2.61 bits per heavy atom. The van der Waals surface area contributed by atoms with Crippen LogP contribution >= 0.6 is 23.3 Å². The Balaban J connectivity index is 0.00000181. The van der Waals surface area contributed by atoms with Crippen molar-refractivity contribution in [1.82, 2.24) is 18.8 Å². The van der Waals surface area contributed by atoms with Crippen molar-refractivity contribution in [2.75, 3.05) is 11.5 Å². The van der Waals surface area contributed by atoms with Crippen LogP contribution in [0, 0.1) is 17.1 Å². The number of anilines is 1. The van der Waals surface area contributed by atoms with Crippen LogP contribution in [-0.4, -0.2) is 87.4 Å². The molecule has 1 amide bonds. The molecule has 5 heterocycles. The molecule has 18 nitrogen and oxygen atoms in total. The Morgan fingerprint density at radius 2 is 2.00 bits per heavy atom. The summed E-state index contributed by atoms with van der Waals surface area (Å²) in [4.78, 5) is 69.3. The third kappa shape index (κ3) is 8.05. The molecule has 2 aliphatic heterocycles. The molecule has 1 aromatic carbocycles. The van der Waals surface area contributed by atoms with E-state index >= 15 is 0 Å². The zero-order chi connectivity index (χ0) is 39.5. The highest BCUT2D eigenvalue weighted by molar-refractivity contribution is 8.00. The van der Waals surface area contributed by atoms with Gasteiger partial charge in [0.2, 0.25) is 17.3 Å². The maximum absolute atomic E-state index is 14.7. The van der Waals surface area contributed by atoms with E-state index in [-0.39, 0.29) is 47.8 Å². The van der Waals surface area contributed by atoms with E-state index < -0.39 is 58.5 Å². The Kier molecular flexibility index (Phi) is 11.4. The van der Waals surface area contributed by atoms with E-state index in [0.717, 1.165) is 27.3 Å². The summed E-state index contributed by atoms with van der Waals surface area (Å²) in [5.74, 6) is -5.79. The van der Waals surface area contributed by atoms with Crippen LogP contribution in [-0.2, 0) is 41.9 Å². The first kappa shape index (κ1) is 39.0. The van der Waals surface area contributed by atoms with Gasteiger partial charge in [0.25, 0.3) is 6.47 Å². The number of pyridine rings is 1. The molecule has 282 valence electrons. The fourth-order valence-electron chi connectivity index (χ4n) is 5.65. The lowest BCUT2D eigenvalue weighted by atomic mass is 9.89. The number of nitrogens with zero attached hydrogens (tertiary/aromatic N) is 6. The van der Waals surface area contributed by atoms with Crippen molar-refractivity contribution in [3.8, 4) is 0 Å². The Labute approximate surface area is 313 Å². The molecule has 1 saturated heterocycles. The first-order valence-electron chi connectivity index (χ1n) is 15.7. The number of benzene rings is 1. The average molecular weight is 782 g/mol. The normalized spacial score (nSPS) is 16.9. The van der Waals surface area contributed by atoms with Crippen molar-refractivity contribution in [3.05, 3.63) is 83.0 Å². The number of rotatable bonds is 13. The van der Waals surface area contributed by atoms with E-state index in [1.165, 1.54) is 31.7 Å². The quantitative estimate of drug-likeness (QED) is 0.0305. The number of fused-ring (bicyclic) bond motifs is 2. The third-order valence-electron chi connectivity index (χ3n) is 8.40. The molecule has 54 heavy (non-hydrogen) atoms. The number of hydrogen-bond donors (Lipinski definition) is 5. The standard InChI is InChI=1S/C32H30FN9O7S2.CH2O2/c1-32(2,30(47)48)49-38-23(26-37-31(36)51-39-26)22(43)10-19-27(44)42-24(29(45)46)18(14-50-28(19)42)12-40-7-6-21-17(11-40)5-8-41(21)13-16-4-3-15(25(34)35)9-20(16)33;2-1-3/h3-9,11,19,28H,10,12-14H2,1-2H3,(H6-,34,35,36,37,39,45,46,47,48);1H,(H,2,3)/b38-23+;/t19-,28-;/m1./s1. The van der Waals surface area contributed by atoms with Gasteiger partial charge in [0.1, 0.15) is 11.7 Å². The molecule has 0 spiro atoms. The van der Waals surface area contributed by atoms with Gasteiger partial charge in [-0.25, -0.2) is 13.8 Å². The molecule has 0 aliphatic carbocycles. The minimum absolute atomic E-state index is 0.0234. The fraction of sp³-hybridized carbons (Fsp3) is 0.273. The Hall–Kier alpha value is -6.22. The van der Waals surface area contributed by atoms with Crippen molar-refractivity contribution in [1.29, 1.82) is 5.41 Å². The van der Waals surface area contributed by atoms with E-state index in [1.807, 2.05) is 22.9 Å². The minimum atomic E-state index is -1.80. The number of nitrogen functional groups attached to an aromatic ring is 2. The fourth-order valence-corrected chi connectivity index (χ4v) is 7.48.